The molecule has 0 aliphatic carbocycles. The van der Waals surface area contributed by atoms with Crippen LogP contribution < -0.4 is 0 Å². The van der Waals surface area contributed by atoms with E-state index >= 15 is 0 Å². The number of hydrogen-bond acceptors (Lipinski definition) is 20. The van der Waals surface area contributed by atoms with E-state index in [1.165, 1.54) is 0 Å². The van der Waals surface area contributed by atoms with Crippen LogP contribution in [0.25, 0.3) is 0 Å². The Bertz CT molecular complexity index is 619. The topological polar surface area (TPSA) is 401 Å². The Hall–Kier alpha value is 0.831. The summed E-state index contributed by atoms with van der Waals surface area (Å²) >= 11 is 0. The van der Waals surface area contributed by atoms with Crippen LogP contribution in [-0.4, -0.2) is 87.6 Å². The summed E-state index contributed by atoms with van der Waals surface area (Å²) in [5, 5.41) is 0. The summed E-state index contributed by atoms with van der Waals surface area (Å²) in [7, 11) is -25.8. The molecule has 0 radical (unpaired) electrons. The van der Waals surface area contributed by atoms with Crippen LogP contribution in [0.1, 0.15) is 0 Å². The standard InChI is InChI=1S/2Nb.5H2O4S/c;;5*1-5(2,3)4/h;;5*(H2,1,2,3,4)/q2*+5;;;;;/p-10. The maximum absolute atomic E-state index is 8.52. The second-order valence-electron chi connectivity index (χ2n) is 2.04. The minimum absolute atomic E-state index is 0. The molecule has 0 aromatic rings. The van der Waals surface area contributed by atoms with E-state index in [9.17, 15) is 0 Å². The van der Waals surface area contributed by atoms with Gasteiger partial charge in [0.2, 0.25) is 0 Å². The molecule has 0 spiro atoms. The Morgan fingerprint density at radius 1 is 0.259 bits per heavy atom. The Labute approximate surface area is 183 Å². The second-order valence-corrected chi connectivity index (χ2v) is 6.12. The first-order valence-electron chi connectivity index (χ1n) is 3.33. The van der Waals surface area contributed by atoms with Gasteiger partial charge in [-0.05, 0) is 0 Å². The molecule has 0 rings (SSSR count). The van der Waals surface area contributed by atoms with Crippen LogP contribution in [0.4, 0.5) is 0 Å². The normalized spacial score (nSPS) is 10.7. The zero-order valence-corrected chi connectivity index (χ0v) is 19.6. The van der Waals surface area contributed by atoms with Gasteiger partial charge in [-0.1, -0.05) is 0 Å². The van der Waals surface area contributed by atoms with Gasteiger partial charge >= 0.3 is 44.8 Å². The van der Waals surface area contributed by atoms with Crippen LogP contribution in [0.15, 0.2) is 0 Å². The van der Waals surface area contributed by atoms with Gasteiger partial charge in [0, 0.05) is 52.0 Å². The van der Waals surface area contributed by atoms with Gasteiger partial charge in [-0.15, -0.1) is 0 Å². The molecule has 0 N–H and O–H groups in total. The fourth-order valence-corrected chi connectivity index (χ4v) is 0. The third-order valence-corrected chi connectivity index (χ3v) is 0. The van der Waals surface area contributed by atoms with Crippen molar-refractivity contribution in [2.45, 2.75) is 0 Å². The van der Waals surface area contributed by atoms with Gasteiger partial charge in [0.15, 0.2) is 0 Å². The minimum atomic E-state index is -5.17. The molecular formula is Nb2O20S5. The van der Waals surface area contributed by atoms with E-state index in [4.69, 9.17) is 87.6 Å². The average molecular weight is 666 g/mol. The summed E-state index contributed by atoms with van der Waals surface area (Å²) in [6.45, 7) is 0. The molecule has 160 valence electrons. The van der Waals surface area contributed by atoms with Crippen molar-refractivity contribution in [3.63, 3.8) is 0 Å². The van der Waals surface area contributed by atoms with Crippen molar-refractivity contribution in [2.24, 2.45) is 0 Å². The van der Waals surface area contributed by atoms with Crippen molar-refractivity contribution in [1.29, 1.82) is 0 Å². The fraction of sp³-hybridized carbons (Fsp3) is 0. The summed E-state index contributed by atoms with van der Waals surface area (Å²) < 4.78 is 170. The maximum atomic E-state index is 8.52. The Morgan fingerprint density at radius 2 is 0.259 bits per heavy atom. The van der Waals surface area contributed by atoms with Crippen molar-refractivity contribution in [1.82, 2.24) is 0 Å². The van der Waals surface area contributed by atoms with E-state index in [1.54, 1.807) is 0 Å². The van der Waals surface area contributed by atoms with Crippen molar-refractivity contribution < 1.29 is 132 Å². The first-order chi connectivity index (χ1) is 10.0. The van der Waals surface area contributed by atoms with Crippen LogP contribution >= 0.6 is 0 Å². The third-order valence-electron chi connectivity index (χ3n) is 0. The van der Waals surface area contributed by atoms with Crippen molar-refractivity contribution in [3.05, 3.63) is 0 Å². The van der Waals surface area contributed by atoms with E-state index in [0.717, 1.165) is 0 Å². The van der Waals surface area contributed by atoms with Crippen molar-refractivity contribution in [2.75, 3.05) is 0 Å². The summed E-state index contributed by atoms with van der Waals surface area (Å²) in [5.41, 5.74) is 0. The van der Waals surface area contributed by atoms with Gasteiger partial charge in [-0.25, -0.2) is 0 Å². The Kier molecular flexibility index (Phi) is 32.2. The molecule has 0 aromatic carbocycles. The molecular weight excluding hydrogens is 666 g/mol. The summed E-state index contributed by atoms with van der Waals surface area (Å²) in [5.74, 6) is 0. The van der Waals surface area contributed by atoms with E-state index in [-0.39, 0.29) is 44.8 Å². The Balaban J connectivity index is -0.0000000364. The van der Waals surface area contributed by atoms with Crippen molar-refractivity contribution >= 4 is 52.0 Å². The van der Waals surface area contributed by atoms with E-state index in [2.05, 4.69) is 0 Å². The third kappa shape index (κ3) is 24000. The second kappa shape index (κ2) is 18.8. The molecule has 0 aliphatic rings. The number of hydrogen-bond donors (Lipinski definition) is 0. The van der Waals surface area contributed by atoms with Crippen LogP contribution in [0, 0.1) is 0 Å². The van der Waals surface area contributed by atoms with E-state index in [0.29, 0.717) is 0 Å². The number of rotatable bonds is 0. The molecule has 0 unspecified atom stereocenters. The van der Waals surface area contributed by atoms with E-state index in [1.807, 2.05) is 0 Å². The smallest absolute Gasteiger partial charge is 0.759 e. The molecule has 0 heterocycles. The predicted octanol–water partition coefficient (Wildman–Crippen LogP) is -6.69. The van der Waals surface area contributed by atoms with Gasteiger partial charge < -0.3 is 45.5 Å². The molecule has 0 bridgehead atoms. The summed E-state index contributed by atoms with van der Waals surface area (Å²) in [6, 6.07) is 0. The monoisotopic (exact) mass is 666 g/mol. The van der Waals surface area contributed by atoms with Crippen LogP contribution in [0.5, 0.6) is 0 Å². The van der Waals surface area contributed by atoms with Gasteiger partial charge in [0.05, 0.1) is 0 Å². The average Bonchev–Trinajstić information content (AvgIpc) is 1.79. The first-order valence-corrected chi connectivity index (χ1v) is 10.0. The molecule has 27 heteroatoms. The van der Waals surface area contributed by atoms with Gasteiger partial charge in [0.1, 0.15) is 0 Å². The Morgan fingerprint density at radius 3 is 0.259 bits per heavy atom. The van der Waals surface area contributed by atoms with E-state index < -0.39 is 52.0 Å². The quantitative estimate of drug-likeness (QED) is 0.132. The molecule has 0 aromatic heterocycles. The molecule has 0 amide bonds. The largest absolute Gasteiger partial charge is 5.00 e. The molecule has 0 saturated heterocycles. The van der Waals surface area contributed by atoms with Crippen LogP contribution in [0.2, 0.25) is 0 Å². The molecule has 0 saturated carbocycles. The predicted molar refractivity (Wildman–Crippen MR) is 52.4 cm³/mol. The van der Waals surface area contributed by atoms with Crippen LogP contribution in [-0.2, 0) is 96.8 Å². The van der Waals surface area contributed by atoms with Crippen molar-refractivity contribution in [3.8, 4) is 0 Å². The van der Waals surface area contributed by atoms with Gasteiger partial charge in [-0.3, -0.25) is 42.1 Å². The summed E-state index contributed by atoms with van der Waals surface area (Å²) in [6.07, 6.45) is 0. The molecule has 27 heavy (non-hydrogen) atoms. The molecule has 20 nitrogen and oxygen atoms in total. The maximum Gasteiger partial charge on any atom is 5.00 e. The minimum Gasteiger partial charge on any atom is -0.759 e. The first kappa shape index (κ1) is 46.2. The molecule has 0 fully saturated rings. The fourth-order valence-electron chi connectivity index (χ4n) is 0. The van der Waals surface area contributed by atoms with Crippen LogP contribution in [0.3, 0.4) is 0 Å². The summed E-state index contributed by atoms with van der Waals surface area (Å²) in [4.78, 5) is 0. The van der Waals surface area contributed by atoms with Gasteiger partial charge in [-0.2, -0.15) is 0 Å². The zero-order chi connectivity index (χ0) is 22.5. The molecule has 0 aliphatic heterocycles. The zero-order valence-electron chi connectivity index (χ0n) is 11.1. The molecule has 0 atom stereocenters. The van der Waals surface area contributed by atoms with Gasteiger partial charge in [0.25, 0.3) is 0 Å². The SMILES string of the molecule is O=S(=O)([O-])[O-].O=S(=O)([O-])[O-].O=S(=O)([O-])[O-].O=S(=O)([O-])[O-].O=S(=O)([O-])[O-].[Nb+5].[Nb+5].